The molecule has 1 saturated carbocycles. The summed E-state index contributed by atoms with van der Waals surface area (Å²) in [7, 11) is 0. The summed E-state index contributed by atoms with van der Waals surface area (Å²) in [6.45, 7) is 0.756. The van der Waals surface area contributed by atoms with Gasteiger partial charge in [-0.05, 0) is 37.1 Å². The number of rotatable bonds is 4. The molecule has 3 aromatic rings. The molecule has 6 nitrogen and oxygen atoms in total. The summed E-state index contributed by atoms with van der Waals surface area (Å²) >= 11 is 0. The molecule has 2 aliphatic rings. The normalized spacial score (nSPS) is 16.0. The van der Waals surface area contributed by atoms with Crippen LogP contribution in [-0.4, -0.2) is 16.6 Å². The highest BCUT2D eigenvalue weighted by Crippen LogP contribution is 2.58. The highest BCUT2D eigenvalue weighted by Gasteiger charge is 2.52. The fourth-order valence-electron chi connectivity index (χ4n) is 3.38. The topological polar surface area (TPSA) is 82.3 Å². The van der Waals surface area contributed by atoms with Crippen LogP contribution in [0.25, 0.3) is 0 Å². The molecule has 2 aromatic heterocycles. The minimum absolute atomic E-state index is 0.159. The maximum atomic E-state index is 6.07. The third-order valence-corrected chi connectivity index (χ3v) is 4.96. The summed E-state index contributed by atoms with van der Waals surface area (Å²) in [5.41, 5.74) is 9.46. The summed E-state index contributed by atoms with van der Waals surface area (Å²) in [5, 5.41) is 3.22. The first kappa shape index (κ1) is 15.0. The van der Waals surface area contributed by atoms with E-state index < -0.39 is 0 Å². The van der Waals surface area contributed by atoms with E-state index in [2.05, 4.69) is 15.3 Å². The summed E-state index contributed by atoms with van der Waals surface area (Å²) < 4.78 is 11.9. The van der Waals surface area contributed by atoms with Crippen molar-refractivity contribution < 1.29 is 9.47 Å². The Balaban J connectivity index is 1.37. The highest BCUT2D eigenvalue weighted by molar-refractivity contribution is 5.71. The number of nitrogens with two attached hydrogens (primary N) is 1. The van der Waals surface area contributed by atoms with Gasteiger partial charge in [0.25, 0.3) is 0 Å². The molecule has 0 unspecified atom stereocenters. The molecule has 0 saturated heterocycles. The predicted octanol–water partition coefficient (Wildman–Crippen LogP) is 4.02. The van der Waals surface area contributed by atoms with Gasteiger partial charge in [-0.25, -0.2) is 4.98 Å². The molecule has 6 heteroatoms. The van der Waals surface area contributed by atoms with E-state index in [4.69, 9.17) is 15.2 Å². The molecule has 1 aliphatic heterocycles. The number of nitrogens with one attached hydrogen (secondary N) is 1. The van der Waals surface area contributed by atoms with Crippen molar-refractivity contribution in [1.82, 2.24) is 9.97 Å². The first-order valence-electron chi connectivity index (χ1n) is 8.60. The molecule has 130 valence electrons. The zero-order chi connectivity index (χ0) is 17.6. The zero-order valence-corrected chi connectivity index (χ0v) is 14.1. The van der Waals surface area contributed by atoms with Crippen molar-refractivity contribution in [2.75, 3.05) is 17.7 Å². The lowest BCUT2D eigenvalue weighted by atomic mass is 9.97. The van der Waals surface area contributed by atoms with E-state index >= 15 is 0 Å². The van der Waals surface area contributed by atoms with Crippen LogP contribution in [-0.2, 0) is 5.41 Å². The number of ether oxygens (including phenoxy) is 2. The van der Waals surface area contributed by atoms with E-state index in [1.807, 2.05) is 36.4 Å². The van der Waals surface area contributed by atoms with E-state index in [1.165, 1.54) is 5.56 Å². The van der Waals surface area contributed by atoms with E-state index in [9.17, 15) is 0 Å². The van der Waals surface area contributed by atoms with Gasteiger partial charge in [-0.3, -0.25) is 4.98 Å². The molecule has 0 atom stereocenters. The van der Waals surface area contributed by atoms with E-state index in [0.29, 0.717) is 11.6 Å². The lowest BCUT2D eigenvalue weighted by Gasteiger charge is -2.13. The molecule has 0 bridgehead atoms. The van der Waals surface area contributed by atoms with Gasteiger partial charge in [-0.1, -0.05) is 6.07 Å². The third kappa shape index (κ3) is 2.50. The average molecular weight is 346 g/mol. The summed E-state index contributed by atoms with van der Waals surface area (Å²) in [6.07, 6.45) is 7.34. The Hall–Kier alpha value is -3.28. The Bertz CT molecular complexity index is 968. The Morgan fingerprint density at radius 1 is 1.12 bits per heavy atom. The van der Waals surface area contributed by atoms with Gasteiger partial charge < -0.3 is 20.5 Å². The fourth-order valence-corrected chi connectivity index (χ4v) is 3.38. The predicted molar refractivity (Wildman–Crippen MR) is 99.1 cm³/mol. The van der Waals surface area contributed by atoms with E-state index in [-0.39, 0.29) is 5.41 Å². The quantitative estimate of drug-likeness (QED) is 0.742. The monoisotopic (exact) mass is 346 g/mol. The van der Waals surface area contributed by atoms with Crippen LogP contribution in [0.5, 0.6) is 17.4 Å². The SMILES string of the molecule is Nc1cnccc1Nc1ccc(Oc2cccc3c2C2(CC2)CO3)nc1. The molecule has 5 rings (SSSR count). The van der Waals surface area contributed by atoms with Gasteiger partial charge in [0, 0.05) is 23.2 Å². The van der Waals surface area contributed by atoms with Gasteiger partial charge in [0.05, 0.1) is 36.1 Å². The maximum absolute atomic E-state index is 6.07. The minimum Gasteiger partial charge on any atom is -0.492 e. The van der Waals surface area contributed by atoms with E-state index in [1.54, 1.807) is 18.6 Å². The molecule has 1 aliphatic carbocycles. The van der Waals surface area contributed by atoms with Gasteiger partial charge in [0.15, 0.2) is 0 Å². The van der Waals surface area contributed by atoms with Crippen LogP contribution < -0.4 is 20.5 Å². The molecule has 0 radical (unpaired) electrons. The summed E-state index contributed by atoms with van der Waals surface area (Å²) in [6, 6.07) is 11.5. The van der Waals surface area contributed by atoms with Crippen LogP contribution >= 0.6 is 0 Å². The van der Waals surface area contributed by atoms with Gasteiger partial charge in [-0.2, -0.15) is 0 Å². The lowest BCUT2D eigenvalue weighted by molar-refractivity contribution is 0.323. The van der Waals surface area contributed by atoms with Crippen molar-refractivity contribution >= 4 is 17.1 Å². The third-order valence-electron chi connectivity index (χ3n) is 4.96. The van der Waals surface area contributed by atoms with Crippen molar-refractivity contribution in [2.24, 2.45) is 0 Å². The summed E-state index contributed by atoms with van der Waals surface area (Å²) in [4.78, 5) is 8.39. The number of hydrogen-bond donors (Lipinski definition) is 2. The van der Waals surface area contributed by atoms with Crippen molar-refractivity contribution in [3.05, 3.63) is 60.6 Å². The summed E-state index contributed by atoms with van der Waals surface area (Å²) in [5.74, 6) is 2.32. The van der Waals surface area contributed by atoms with Crippen LogP contribution in [0.3, 0.4) is 0 Å². The maximum Gasteiger partial charge on any atom is 0.219 e. The Labute approximate surface area is 151 Å². The number of nitrogen functional groups attached to an aromatic ring is 1. The largest absolute Gasteiger partial charge is 0.492 e. The second-order valence-corrected chi connectivity index (χ2v) is 6.77. The molecule has 1 spiro atoms. The zero-order valence-electron chi connectivity index (χ0n) is 14.1. The molecule has 3 heterocycles. The van der Waals surface area contributed by atoms with Gasteiger partial charge >= 0.3 is 0 Å². The standard InChI is InChI=1S/C20H18N4O2/c21-14-11-22-9-6-15(14)24-13-4-5-18(23-10-13)26-17-3-1-2-16-19(17)20(7-8-20)12-25-16/h1-6,9-11H,7-8,12,21H2,(H,22,24). The molecule has 3 N–H and O–H groups in total. The molecule has 26 heavy (non-hydrogen) atoms. The molecule has 1 aromatic carbocycles. The fraction of sp³-hybridized carbons (Fsp3) is 0.200. The number of fused-ring (bicyclic) bond motifs is 2. The Morgan fingerprint density at radius 3 is 2.81 bits per heavy atom. The smallest absolute Gasteiger partial charge is 0.219 e. The van der Waals surface area contributed by atoms with Crippen LogP contribution in [0.15, 0.2) is 55.0 Å². The Kier molecular flexibility index (Phi) is 3.25. The van der Waals surface area contributed by atoms with Gasteiger partial charge in [0.1, 0.15) is 11.5 Å². The number of nitrogens with zero attached hydrogens (tertiary/aromatic N) is 2. The molecular weight excluding hydrogens is 328 g/mol. The number of anilines is 3. The van der Waals surface area contributed by atoms with Crippen molar-refractivity contribution in [1.29, 1.82) is 0 Å². The van der Waals surface area contributed by atoms with Crippen molar-refractivity contribution in [3.63, 3.8) is 0 Å². The van der Waals surface area contributed by atoms with Gasteiger partial charge in [-0.15, -0.1) is 0 Å². The van der Waals surface area contributed by atoms with Crippen molar-refractivity contribution in [3.8, 4) is 17.4 Å². The van der Waals surface area contributed by atoms with Crippen LogP contribution in [0.1, 0.15) is 18.4 Å². The number of pyridine rings is 2. The number of benzene rings is 1. The lowest BCUT2D eigenvalue weighted by Crippen LogP contribution is -2.08. The average Bonchev–Trinajstić information content (AvgIpc) is 3.34. The first-order valence-corrected chi connectivity index (χ1v) is 8.60. The molecule has 0 amide bonds. The highest BCUT2D eigenvalue weighted by atomic mass is 16.5. The Morgan fingerprint density at radius 2 is 2.04 bits per heavy atom. The van der Waals surface area contributed by atoms with Crippen LogP contribution in [0.2, 0.25) is 0 Å². The van der Waals surface area contributed by atoms with Crippen LogP contribution in [0.4, 0.5) is 17.1 Å². The van der Waals surface area contributed by atoms with Crippen LogP contribution in [0, 0.1) is 0 Å². The van der Waals surface area contributed by atoms with Gasteiger partial charge in [0.2, 0.25) is 5.88 Å². The van der Waals surface area contributed by atoms with Crippen molar-refractivity contribution in [2.45, 2.75) is 18.3 Å². The van der Waals surface area contributed by atoms with E-state index in [0.717, 1.165) is 42.3 Å². The molecular formula is C20H18N4O2. The number of aromatic nitrogens is 2. The second-order valence-electron chi connectivity index (χ2n) is 6.77. The molecule has 1 fully saturated rings. The second kappa shape index (κ2) is 5.62. The number of hydrogen-bond acceptors (Lipinski definition) is 6. The first-order chi connectivity index (χ1) is 12.7. The minimum atomic E-state index is 0.159.